The number of rotatable bonds is 5. The largest absolute Gasteiger partial charge is 0.336 e. The third-order valence-electron chi connectivity index (χ3n) is 7.45. The minimum atomic E-state index is -0.337. The fraction of sp³-hybridized carbons (Fsp3) is 0.200. The van der Waals surface area contributed by atoms with Crippen LogP contribution in [0.5, 0.6) is 0 Å². The number of aromatic nitrogens is 7. The van der Waals surface area contributed by atoms with Crippen LogP contribution < -0.4 is 5.32 Å². The summed E-state index contributed by atoms with van der Waals surface area (Å²) in [5.41, 5.74) is 6.12. The molecule has 6 aromatic rings. The van der Waals surface area contributed by atoms with Gasteiger partial charge in [-0.25, -0.2) is 14.4 Å². The first-order valence-electron chi connectivity index (χ1n) is 13.3. The lowest BCUT2D eigenvalue weighted by Crippen LogP contribution is -2.24. The standard InChI is InChI=1S/C30H25FN8O/c31-21-8-4-7-18(11-21)25-27-24(9-10-33-25)36-29(37-27)26-23-13-20(15-34-28(23)39-38-26)19-12-22(16-32-14-19)35-30(40)17-5-2-1-3-6-17/h4,7-17H,1-3,5-6H2,(H,35,40)(H,36,37)(H,34,38,39). The molecular formula is C30H25FN8O. The molecule has 10 heteroatoms. The molecule has 40 heavy (non-hydrogen) atoms. The van der Waals surface area contributed by atoms with Crippen molar-refractivity contribution < 1.29 is 9.18 Å². The molecule has 1 saturated carbocycles. The molecule has 1 aliphatic carbocycles. The van der Waals surface area contributed by atoms with Gasteiger partial charge in [-0.05, 0) is 43.2 Å². The van der Waals surface area contributed by atoms with Gasteiger partial charge < -0.3 is 10.3 Å². The summed E-state index contributed by atoms with van der Waals surface area (Å²) in [6.07, 6.45) is 12.1. The van der Waals surface area contributed by atoms with Gasteiger partial charge in [0.05, 0.1) is 28.5 Å². The lowest BCUT2D eigenvalue weighted by molar-refractivity contribution is -0.120. The van der Waals surface area contributed by atoms with Crippen LogP contribution in [0.25, 0.3) is 56.0 Å². The Bertz CT molecular complexity index is 1870. The van der Waals surface area contributed by atoms with Crippen LogP contribution in [0.1, 0.15) is 32.1 Å². The van der Waals surface area contributed by atoms with Gasteiger partial charge in [0, 0.05) is 41.2 Å². The number of halogens is 1. The number of anilines is 1. The Labute approximate surface area is 228 Å². The van der Waals surface area contributed by atoms with Crippen molar-refractivity contribution in [2.45, 2.75) is 32.1 Å². The number of carbonyl (C=O) groups excluding carboxylic acids is 1. The van der Waals surface area contributed by atoms with Gasteiger partial charge in [-0.2, -0.15) is 5.10 Å². The number of pyridine rings is 3. The first kappa shape index (κ1) is 24.1. The number of imidazole rings is 1. The molecule has 0 spiro atoms. The van der Waals surface area contributed by atoms with E-state index in [1.165, 1.54) is 18.6 Å². The molecule has 3 N–H and O–H groups in total. The Morgan fingerprint density at radius 2 is 1.80 bits per heavy atom. The number of benzene rings is 1. The highest BCUT2D eigenvalue weighted by Gasteiger charge is 2.21. The quantitative estimate of drug-likeness (QED) is 0.240. The summed E-state index contributed by atoms with van der Waals surface area (Å²) in [4.78, 5) is 34.3. The fourth-order valence-electron chi connectivity index (χ4n) is 5.41. The minimum Gasteiger partial charge on any atom is -0.336 e. The molecule has 1 amide bonds. The molecule has 7 rings (SSSR count). The molecule has 0 bridgehead atoms. The van der Waals surface area contributed by atoms with Crippen molar-refractivity contribution in [2.24, 2.45) is 5.92 Å². The molecule has 0 unspecified atom stereocenters. The topological polar surface area (TPSA) is 125 Å². The Kier molecular flexibility index (Phi) is 5.99. The normalized spacial score (nSPS) is 14.1. The van der Waals surface area contributed by atoms with Crippen LogP contribution in [-0.4, -0.2) is 41.0 Å². The van der Waals surface area contributed by atoms with Crippen molar-refractivity contribution >= 4 is 33.7 Å². The molecule has 9 nitrogen and oxygen atoms in total. The van der Waals surface area contributed by atoms with Gasteiger partial charge in [-0.1, -0.05) is 31.4 Å². The van der Waals surface area contributed by atoms with Gasteiger partial charge in [0.25, 0.3) is 0 Å². The average Bonchev–Trinajstić information content (AvgIpc) is 3.61. The van der Waals surface area contributed by atoms with E-state index in [2.05, 4.69) is 35.5 Å². The molecule has 0 radical (unpaired) electrons. The second-order valence-corrected chi connectivity index (χ2v) is 10.1. The van der Waals surface area contributed by atoms with Crippen molar-refractivity contribution in [1.29, 1.82) is 0 Å². The zero-order chi connectivity index (χ0) is 27.1. The van der Waals surface area contributed by atoms with E-state index in [0.29, 0.717) is 39.6 Å². The zero-order valence-corrected chi connectivity index (χ0v) is 21.5. The number of amides is 1. The molecule has 0 aliphatic heterocycles. The maximum atomic E-state index is 13.9. The molecule has 1 aromatic carbocycles. The number of nitrogens with zero attached hydrogens (tertiary/aromatic N) is 5. The smallest absolute Gasteiger partial charge is 0.227 e. The van der Waals surface area contributed by atoms with E-state index in [1.54, 1.807) is 36.9 Å². The Morgan fingerprint density at radius 3 is 2.67 bits per heavy atom. The summed E-state index contributed by atoms with van der Waals surface area (Å²) in [7, 11) is 0. The van der Waals surface area contributed by atoms with E-state index in [0.717, 1.165) is 47.7 Å². The summed E-state index contributed by atoms with van der Waals surface area (Å²) < 4.78 is 13.9. The molecule has 5 aromatic heterocycles. The van der Waals surface area contributed by atoms with Crippen molar-refractivity contribution in [1.82, 2.24) is 35.1 Å². The number of hydrogen-bond donors (Lipinski definition) is 3. The first-order valence-corrected chi connectivity index (χ1v) is 13.3. The predicted octanol–water partition coefficient (Wildman–Crippen LogP) is 6.28. The molecule has 1 fully saturated rings. The van der Waals surface area contributed by atoms with Crippen molar-refractivity contribution in [3.05, 3.63) is 73.1 Å². The minimum absolute atomic E-state index is 0.0568. The number of H-pyrrole nitrogens is 2. The zero-order valence-electron chi connectivity index (χ0n) is 21.5. The first-order chi connectivity index (χ1) is 19.6. The van der Waals surface area contributed by atoms with E-state index in [1.807, 2.05) is 18.2 Å². The third kappa shape index (κ3) is 4.47. The predicted molar refractivity (Wildman–Crippen MR) is 151 cm³/mol. The second-order valence-electron chi connectivity index (χ2n) is 10.1. The van der Waals surface area contributed by atoms with E-state index in [9.17, 15) is 9.18 Å². The highest BCUT2D eigenvalue weighted by Crippen LogP contribution is 2.32. The fourth-order valence-corrected chi connectivity index (χ4v) is 5.41. The maximum Gasteiger partial charge on any atom is 0.227 e. The van der Waals surface area contributed by atoms with Gasteiger partial charge in [0.15, 0.2) is 11.5 Å². The van der Waals surface area contributed by atoms with Crippen LogP contribution in [0.15, 0.2) is 67.3 Å². The summed E-state index contributed by atoms with van der Waals surface area (Å²) in [6.45, 7) is 0. The maximum absolute atomic E-state index is 13.9. The van der Waals surface area contributed by atoms with Crippen LogP contribution in [0.3, 0.4) is 0 Å². The van der Waals surface area contributed by atoms with Crippen molar-refractivity contribution in [3.63, 3.8) is 0 Å². The van der Waals surface area contributed by atoms with Crippen LogP contribution in [0, 0.1) is 11.7 Å². The van der Waals surface area contributed by atoms with E-state index in [-0.39, 0.29) is 17.6 Å². The van der Waals surface area contributed by atoms with Crippen LogP contribution >= 0.6 is 0 Å². The summed E-state index contributed by atoms with van der Waals surface area (Å²) >= 11 is 0. The SMILES string of the molecule is O=C(Nc1cncc(-c2cnc3[nH]nc(-c4nc5c(-c6cccc(F)c6)nccc5[nH]4)c3c2)c1)C1CCCCC1. The molecule has 5 heterocycles. The number of aromatic amines is 2. The summed E-state index contributed by atoms with van der Waals surface area (Å²) in [6, 6.07) is 12.0. The van der Waals surface area contributed by atoms with E-state index < -0.39 is 0 Å². The molecule has 0 atom stereocenters. The molecule has 1 aliphatic rings. The van der Waals surface area contributed by atoms with Gasteiger partial charge in [0.1, 0.15) is 17.0 Å². The number of nitrogens with one attached hydrogen (secondary N) is 3. The Hall–Kier alpha value is -4.99. The molecule has 198 valence electrons. The van der Waals surface area contributed by atoms with Crippen LogP contribution in [-0.2, 0) is 4.79 Å². The second kappa shape index (κ2) is 9.96. The van der Waals surface area contributed by atoms with Crippen molar-refractivity contribution in [3.8, 4) is 33.9 Å². The van der Waals surface area contributed by atoms with Crippen LogP contribution in [0.2, 0.25) is 0 Å². The Morgan fingerprint density at radius 1 is 0.925 bits per heavy atom. The molecular weight excluding hydrogens is 507 g/mol. The lowest BCUT2D eigenvalue weighted by Gasteiger charge is -2.20. The average molecular weight is 533 g/mol. The third-order valence-corrected chi connectivity index (χ3v) is 7.45. The van der Waals surface area contributed by atoms with Gasteiger partial charge in [-0.15, -0.1) is 0 Å². The van der Waals surface area contributed by atoms with E-state index in [4.69, 9.17) is 4.98 Å². The summed E-state index contributed by atoms with van der Waals surface area (Å²) in [5.74, 6) is 0.319. The highest BCUT2D eigenvalue weighted by molar-refractivity contribution is 5.97. The van der Waals surface area contributed by atoms with Gasteiger partial charge in [-0.3, -0.25) is 19.9 Å². The van der Waals surface area contributed by atoms with Gasteiger partial charge in [0.2, 0.25) is 5.91 Å². The lowest BCUT2D eigenvalue weighted by atomic mass is 9.88. The monoisotopic (exact) mass is 532 g/mol. The van der Waals surface area contributed by atoms with Gasteiger partial charge >= 0.3 is 0 Å². The van der Waals surface area contributed by atoms with Crippen LogP contribution in [0.4, 0.5) is 10.1 Å². The number of fused-ring (bicyclic) bond motifs is 2. The number of hydrogen-bond acceptors (Lipinski definition) is 6. The number of carbonyl (C=O) groups is 1. The summed E-state index contributed by atoms with van der Waals surface area (Å²) in [5, 5.41) is 11.3. The van der Waals surface area contributed by atoms with Crippen molar-refractivity contribution in [2.75, 3.05) is 5.32 Å². The highest BCUT2D eigenvalue weighted by atomic mass is 19.1. The van der Waals surface area contributed by atoms with E-state index >= 15 is 0 Å². The Balaban J connectivity index is 1.23. The molecule has 0 saturated heterocycles.